The van der Waals surface area contributed by atoms with Crippen LogP contribution in [0.25, 0.3) is 0 Å². The van der Waals surface area contributed by atoms with E-state index >= 15 is 0 Å². The highest BCUT2D eigenvalue weighted by atomic mass is 32.2. The van der Waals surface area contributed by atoms with E-state index in [1.54, 1.807) is 11.8 Å². The number of nitrogens with zero attached hydrogens (tertiary/aromatic N) is 1. The summed E-state index contributed by atoms with van der Waals surface area (Å²) in [7, 11) is -3.06. The third kappa shape index (κ3) is 4.12. The van der Waals surface area contributed by atoms with Gasteiger partial charge in [0.2, 0.25) is 10.0 Å². The molecule has 0 saturated carbocycles. The molecule has 98 valence electrons. The average molecular weight is 284 g/mol. The predicted octanol–water partition coefficient (Wildman–Crippen LogP) is 1.95. The monoisotopic (exact) mass is 284 g/mol. The molecule has 0 aromatic heterocycles. The third-order valence-corrected chi connectivity index (χ3v) is 4.32. The number of fused-ring (bicyclic) bond motifs is 1. The maximum Gasteiger partial charge on any atom is 0.208 e. The zero-order valence-electron chi connectivity index (χ0n) is 10.2. The van der Waals surface area contributed by atoms with Crippen LogP contribution in [0.3, 0.4) is 0 Å². The van der Waals surface area contributed by atoms with Crippen LogP contribution in [0.4, 0.5) is 5.69 Å². The fraction of sp³-hybridized carbons (Fsp3) is 0.417. The second-order valence-electron chi connectivity index (χ2n) is 4.18. The second-order valence-corrected chi connectivity index (χ2v) is 7.18. The molecular weight excluding hydrogens is 268 g/mol. The molecule has 0 spiro atoms. The van der Waals surface area contributed by atoms with Crippen molar-refractivity contribution in [3.63, 3.8) is 0 Å². The van der Waals surface area contributed by atoms with Crippen LogP contribution in [-0.4, -0.2) is 32.0 Å². The molecule has 1 aliphatic rings. The van der Waals surface area contributed by atoms with Crippen molar-refractivity contribution in [1.82, 2.24) is 4.72 Å². The van der Waals surface area contributed by atoms with Crippen LogP contribution >= 0.6 is 11.8 Å². The van der Waals surface area contributed by atoms with E-state index in [1.807, 2.05) is 18.2 Å². The first-order valence-corrected chi connectivity index (χ1v) is 8.65. The molecule has 0 aliphatic carbocycles. The van der Waals surface area contributed by atoms with Gasteiger partial charge in [-0.25, -0.2) is 18.1 Å². The lowest BCUT2D eigenvalue weighted by Gasteiger charge is -2.02. The van der Waals surface area contributed by atoms with Crippen LogP contribution in [0.5, 0.6) is 0 Å². The van der Waals surface area contributed by atoms with Crippen molar-refractivity contribution in [3.05, 3.63) is 29.8 Å². The van der Waals surface area contributed by atoms with Crippen molar-refractivity contribution in [2.24, 2.45) is 4.99 Å². The Morgan fingerprint density at radius 3 is 2.89 bits per heavy atom. The molecule has 1 heterocycles. The summed E-state index contributed by atoms with van der Waals surface area (Å²) in [5, 5.41) is 1.12. The molecule has 0 atom stereocenters. The highest BCUT2D eigenvalue weighted by Gasteiger charge is 2.13. The normalized spacial score (nSPS) is 14.4. The molecular formula is C12H16N2O2S2. The summed E-state index contributed by atoms with van der Waals surface area (Å²) in [5.41, 5.74) is 2.34. The van der Waals surface area contributed by atoms with Crippen molar-refractivity contribution in [2.45, 2.75) is 12.8 Å². The number of sulfonamides is 1. The van der Waals surface area contributed by atoms with Gasteiger partial charge in [-0.3, -0.25) is 0 Å². The van der Waals surface area contributed by atoms with Gasteiger partial charge in [-0.15, -0.1) is 11.8 Å². The largest absolute Gasteiger partial charge is 0.246 e. The van der Waals surface area contributed by atoms with Gasteiger partial charge in [-0.1, -0.05) is 18.2 Å². The van der Waals surface area contributed by atoms with E-state index in [1.165, 1.54) is 11.8 Å². The van der Waals surface area contributed by atoms with Crippen molar-refractivity contribution >= 4 is 32.5 Å². The highest BCUT2D eigenvalue weighted by Crippen LogP contribution is 2.29. The molecule has 2 rings (SSSR count). The molecule has 0 unspecified atom stereocenters. The van der Waals surface area contributed by atoms with Crippen molar-refractivity contribution in [3.8, 4) is 0 Å². The molecule has 0 bridgehead atoms. The summed E-state index contributed by atoms with van der Waals surface area (Å²) >= 11 is 1.71. The third-order valence-electron chi connectivity index (χ3n) is 2.53. The Kier molecular flexibility index (Phi) is 4.42. The number of rotatable bonds is 5. The van der Waals surface area contributed by atoms with Crippen LogP contribution in [-0.2, 0) is 16.4 Å². The predicted molar refractivity (Wildman–Crippen MR) is 77.2 cm³/mol. The summed E-state index contributed by atoms with van der Waals surface area (Å²) in [6.45, 7) is 0.492. The molecule has 1 aromatic carbocycles. The van der Waals surface area contributed by atoms with Gasteiger partial charge in [0.05, 0.1) is 17.0 Å². The van der Waals surface area contributed by atoms with Gasteiger partial charge in [-0.05, 0) is 18.1 Å². The molecule has 0 radical (unpaired) electrons. The second kappa shape index (κ2) is 5.86. The molecule has 0 saturated heterocycles. The van der Waals surface area contributed by atoms with E-state index in [4.69, 9.17) is 0 Å². The molecule has 1 aromatic rings. The minimum Gasteiger partial charge on any atom is -0.246 e. The standard InChI is InChI=1S/C12H16N2O2S2/c1-18(15,16)13-7-4-8-17-12-9-10-5-2-3-6-11(10)14-12/h2-3,5-6,13H,4,7-9H2,1H3. The molecule has 6 heteroatoms. The van der Waals surface area contributed by atoms with Gasteiger partial charge in [0.25, 0.3) is 0 Å². The Balaban J connectivity index is 1.71. The Morgan fingerprint density at radius 2 is 2.17 bits per heavy atom. The average Bonchev–Trinajstić information content (AvgIpc) is 2.69. The van der Waals surface area contributed by atoms with Crippen LogP contribution in [0.15, 0.2) is 29.3 Å². The van der Waals surface area contributed by atoms with Gasteiger partial charge in [-0.2, -0.15) is 0 Å². The van der Waals surface area contributed by atoms with E-state index < -0.39 is 10.0 Å². The number of hydrogen-bond acceptors (Lipinski definition) is 4. The minimum absolute atomic E-state index is 0.492. The fourth-order valence-electron chi connectivity index (χ4n) is 1.71. The number of aliphatic imine (C=N–C) groups is 1. The minimum atomic E-state index is -3.06. The Hall–Kier alpha value is -0.850. The molecule has 0 amide bonds. The molecule has 18 heavy (non-hydrogen) atoms. The van der Waals surface area contributed by atoms with Crippen LogP contribution in [0.2, 0.25) is 0 Å². The first-order valence-electron chi connectivity index (χ1n) is 5.77. The highest BCUT2D eigenvalue weighted by molar-refractivity contribution is 8.14. The summed E-state index contributed by atoms with van der Waals surface area (Å²) < 4.78 is 24.2. The number of hydrogen-bond donors (Lipinski definition) is 1. The lowest BCUT2D eigenvalue weighted by Crippen LogP contribution is -2.23. The Labute approximate surface area is 112 Å². The number of benzene rings is 1. The number of para-hydroxylation sites is 1. The summed E-state index contributed by atoms with van der Waals surface area (Å²) in [6.07, 6.45) is 2.89. The van der Waals surface area contributed by atoms with E-state index in [0.717, 1.165) is 29.3 Å². The van der Waals surface area contributed by atoms with Crippen molar-refractivity contribution in [2.75, 3.05) is 18.6 Å². The zero-order chi connectivity index (χ0) is 13.0. The maximum atomic E-state index is 10.9. The molecule has 1 N–H and O–H groups in total. The first kappa shape index (κ1) is 13.6. The summed E-state index contributed by atoms with van der Waals surface area (Å²) in [5.74, 6) is 0.884. The Bertz CT molecular complexity index is 553. The maximum absolute atomic E-state index is 10.9. The lowest BCUT2D eigenvalue weighted by atomic mass is 10.2. The molecule has 1 aliphatic heterocycles. The van der Waals surface area contributed by atoms with Gasteiger partial charge < -0.3 is 0 Å². The van der Waals surface area contributed by atoms with E-state index in [-0.39, 0.29) is 0 Å². The van der Waals surface area contributed by atoms with Crippen molar-refractivity contribution in [1.29, 1.82) is 0 Å². The van der Waals surface area contributed by atoms with Crippen LogP contribution in [0, 0.1) is 0 Å². The quantitative estimate of drug-likeness (QED) is 0.841. The summed E-state index contributed by atoms with van der Waals surface area (Å²) in [6, 6.07) is 8.13. The van der Waals surface area contributed by atoms with E-state index in [2.05, 4.69) is 15.8 Å². The smallest absolute Gasteiger partial charge is 0.208 e. The number of nitrogens with one attached hydrogen (secondary N) is 1. The van der Waals surface area contributed by atoms with Gasteiger partial charge >= 0.3 is 0 Å². The van der Waals surface area contributed by atoms with Crippen LogP contribution in [0.1, 0.15) is 12.0 Å². The van der Waals surface area contributed by atoms with Crippen LogP contribution < -0.4 is 4.72 Å². The molecule has 0 fully saturated rings. The van der Waals surface area contributed by atoms with Gasteiger partial charge in [0, 0.05) is 18.7 Å². The fourth-order valence-corrected chi connectivity index (χ4v) is 3.17. The zero-order valence-corrected chi connectivity index (χ0v) is 11.9. The van der Waals surface area contributed by atoms with E-state index in [9.17, 15) is 8.42 Å². The SMILES string of the molecule is CS(=O)(=O)NCCCSC1=Nc2ccccc2C1. The van der Waals surface area contributed by atoms with Crippen molar-refractivity contribution < 1.29 is 8.42 Å². The number of thioether (sulfide) groups is 1. The lowest BCUT2D eigenvalue weighted by molar-refractivity contribution is 0.587. The van der Waals surface area contributed by atoms with Gasteiger partial charge in [0.15, 0.2) is 0 Å². The molecule has 4 nitrogen and oxygen atoms in total. The van der Waals surface area contributed by atoms with Gasteiger partial charge in [0.1, 0.15) is 0 Å². The summed E-state index contributed by atoms with van der Waals surface area (Å²) in [4.78, 5) is 4.54. The van der Waals surface area contributed by atoms with E-state index in [0.29, 0.717) is 6.54 Å². The Morgan fingerprint density at radius 1 is 1.39 bits per heavy atom. The first-order chi connectivity index (χ1) is 8.54. The topological polar surface area (TPSA) is 58.5 Å².